The fourth-order valence-corrected chi connectivity index (χ4v) is 2.06. The first-order valence-corrected chi connectivity index (χ1v) is 5.99. The van der Waals surface area contributed by atoms with Crippen LogP contribution < -0.4 is 10.5 Å². The standard InChI is InChI=1S/C12H15ClFNO2/c1-2-16-12-8(15)6-10(12)17-9-5-3-4-7(13)11(9)14/h3-5,8,10,12H,2,6,15H2,1H3. The molecule has 0 spiro atoms. The zero-order valence-electron chi connectivity index (χ0n) is 9.53. The third-order valence-electron chi connectivity index (χ3n) is 2.85. The van der Waals surface area contributed by atoms with Crippen LogP contribution in [0.4, 0.5) is 4.39 Å². The second kappa shape index (κ2) is 5.21. The van der Waals surface area contributed by atoms with E-state index >= 15 is 0 Å². The van der Waals surface area contributed by atoms with Crippen molar-refractivity contribution >= 4 is 11.6 Å². The minimum absolute atomic E-state index is 0.0396. The minimum atomic E-state index is -0.537. The minimum Gasteiger partial charge on any atom is -0.484 e. The predicted octanol–water partition coefficient (Wildman–Crippen LogP) is 2.36. The molecule has 5 heteroatoms. The Morgan fingerprint density at radius 2 is 2.29 bits per heavy atom. The molecule has 0 heterocycles. The van der Waals surface area contributed by atoms with E-state index in [2.05, 4.69) is 0 Å². The Labute approximate surface area is 105 Å². The van der Waals surface area contributed by atoms with Gasteiger partial charge < -0.3 is 15.2 Å². The van der Waals surface area contributed by atoms with Gasteiger partial charge in [-0.1, -0.05) is 17.7 Å². The number of hydrogen-bond acceptors (Lipinski definition) is 3. The lowest BCUT2D eigenvalue weighted by molar-refractivity contribution is -0.0955. The number of nitrogens with two attached hydrogens (primary N) is 1. The first kappa shape index (κ1) is 12.6. The SMILES string of the molecule is CCOC1C(N)CC1Oc1cccc(Cl)c1F. The van der Waals surface area contributed by atoms with Crippen LogP contribution in [-0.4, -0.2) is 24.9 Å². The van der Waals surface area contributed by atoms with Crippen LogP contribution in [0.2, 0.25) is 5.02 Å². The number of ether oxygens (including phenoxy) is 2. The maximum atomic E-state index is 13.6. The van der Waals surface area contributed by atoms with Crippen molar-refractivity contribution < 1.29 is 13.9 Å². The number of halogens is 2. The molecule has 1 saturated carbocycles. The maximum absolute atomic E-state index is 13.6. The topological polar surface area (TPSA) is 44.5 Å². The molecule has 0 aliphatic heterocycles. The Morgan fingerprint density at radius 3 is 2.94 bits per heavy atom. The van der Waals surface area contributed by atoms with Gasteiger partial charge in [0, 0.05) is 19.1 Å². The summed E-state index contributed by atoms with van der Waals surface area (Å²) in [6.07, 6.45) is 0.299. The van der Waals surface area contributed by atoms with Crippen molar-refractivity contribution in [2.75, 3.05) is 6.61 Å². The summed E-state index contributed by atoms with van der Waals surface area (Å²) in [4.78, 5) is 0. The third-order valence-corrected chi connectivity index (χ3v) is 3.14. The summed E-state index contributed by atoms with van der Waals surface area (Å²) < 4.78 is 24.6. The molecule has 3 unspecified atom stereocenters. The molecule has 1 aromatic rings. The van der Waals surface area contributed by atoms with Crippen molar-refractivity contribution in [2.45, 2.75) is 31.6 Å². The van der Waals surface area contributed by atoms with E-state index in [4.69, 9.17) is 26.8 Å². The summed E-state index contributed by atoms with van der Waals surface area (Å²) in [7, 11) is 0. The molecule has 1 aromatic carbocycles. The molecule has 0 aromatic heterocycles. The van der Waals surface area contributed by atoms with Gasteiger partial charge in [0.2, 0.25) is 0 Å². The summed E-state index contributed by atoms with van der Waals surface area (Å²) >= 11 is 5.67. The second-order valence-electron chi connectivity index (χ2n) is 4.03. The molecule has 94 valence electrons. The van der Waals surface area contributed by atoms with E-state index in [-0.39, 0.29) is 29.0 Å². The molecule has 1 aliphatic carbocycles. The first-order valence-electron chi connectivity index (χ1n) is 5.61. The van der Waals surface area contributed by atoms with E-state index < -0.39 is 5.82 Å². The molecule has 17 heavy (non-hydrogen) atoms. The van der Waals surface area contributed by atoms with Crippen LogP contribution in [0.5, 0.6) is 5.75 Å². The van der Waals surface area contributed by atoms with Gasteiger partial charge in [-0.3, -0.25) is 0 Å². The molecule has 0 saturated heterocycles. The molecule has 3 nitrogen and oxygen atoms in total. The predicted molar refractivity (Wildman–Crippen MR) is 63.8 cm³/mol. The van der Waals surface area contributed by atoms with Crippen molar-refractivity contribution in [3.05, 3.63) is 29.0 Å². The van der Waals surface area contributed by atoms with Gasteiger partial charge in [-0.25, -0.2) is 4.39 Å². The Balaban J connectivity index is 2.04. The average molecular weight is 260 g/mol. The molecule has 0 radical (unpaired) electrons. The van der Waals surface area contributed by atoms with Gasteiger partial charge in [0.1, 0.15) is 12.2 Å². The van der Waals surface area contributed by atoms with Crippen LogP contribution in [0.1, 0.15) is 13.3 Å². The highest BCUT2D eigenvalue weighted by Gasteiger charge is 2.41. The van der Waals surface area contributed by atoms with Crippen molar-refractivity contribution in [3.63, 3.8) is 0 Å². The zero-order valence-corrected chi connectivity index (χ0v) is 10.3. The van der Waals surface area contributed by atoms with Crippen molar-refractivity contribution in [2.24, 2.45) is 5.73 Å². The number of benzene rings is 1. The lowest BCUT2D eigenvalue weighted by Gasteiger charge is -2.41. The van der Waals surface area contributed by atoms with Crippen LogP contribution in [0.3, 0.4) is 0 Å². The van der Waals surface area contributed by atoms with Gasteiger partial charge in [-0.15, -0.1) is 0 Å². The van der Waals surface area contributed by atoms with Crippen LogP contribution in [0, 0.1) is 5.82 Å². The van der Waals surface area contributed by atoms with Gasteiger partial charge in [0.05, 0.1) is 5.02 Å². The van der Waals surface area contributed by atoms with Crippen LogP contribution in [-0.2, 0) is 4.74 Å². The monoisotopic (exact) mass is 259 g/mol. The number of hydrogen-bond donors (Lipinski definition) is 1. The highest BCUT2D eigenvalue weighted by Crippen LogP contribution is 2.31. The van der Waals surface area contributed by atoms with Crippen molar-refractivity contribution in [3.8, 4) is 5.75 Å². The molecule has 1 aliphatic rings. The zero-order chi connectivity index (χ0) is 12.4. The first-order chi connectivity index (χ1) is 8.13. The molecule has 2 rings (SSSR count). The summed E-state index contributed by atoms with van der Waals surface area (Å²) in [6.45, 7) is 2.46. The smallest absolute Gasteiger partial charge is 0.183 e. The Morgan fingerprint density at radius 1 is 1.53 bits per heavy atom. The quantitative estimate of drug-likeness (QED) is 0.903. The Kier molecular flexibility index (Phi) is 3.86. The van der Waals surface area contributed by atoms with Gasteiger partial charge >= 0.3 is 0 Å². The van der Waals surface area contributed by atoms with E-state index in [1.54, 1.807) is 12.1 Å². The summed E-state index contributed by atoms with van der Waals surface area (Å²) in [5, 5.41) is 0.0547. The Hall–Kier alpha value is -0.840. The fraction of sp³-hybridized carbons (Fsp3) is 0.500. The summed E-state index contributed by atoms with van der Waals surface area (Å²) in [6, 6.07) is 4.64. The van der Waals surface area contributed by atoms with Crippen molar-refractivity contribution in [1.29, 1.82) is 0 Å². The van der Waals surface area contributed by atoms with Gasteiger partial charge in [0.25, 0.3) is 0 Å². The van der Waals surface area contributed by atoms with Crippen LogP contribution in [0.25, 0.3) is 0 Å². The molecule has 0 bridgehead atoms. The van der Waals surface area contributed by atoms with Gasteiger partial charge in [-0.05, 0) is 19.1 Å². The van der Waals surface area contributed by atoms with E-state index in [0.29, 0.717) is 13.0 Å². The largest absolute Gasteiger partial charge is 0.484 e. The number of rotatable bonds is 4. The average Bonchev–Trinajstić information content (AvgIpc) is 2.31. The highest BCUT2D eigenvalue weighted by atomic mass is 35.5. The van der Waals surface area contributed by atoms with Crippen LogP contribution in [0.15, 0.2) is 18.2 Å². The van der Waals surface area contributed by atoms with E-state index in [0.717, 1.165) is 0 Å². The Bertz CT molecular complexity index is 402. The van der Waals surface area contributed by atoms with Gasteiger partial charge in [-0.2, -0.15) is 0 Å². The summed E-state index contributed by atoms with van der Waals surface area (Å²) in [5.74, 6) is -0.385. The molecular weight excluding hydrogens is 245 g/mol. The van der Waals surface area contributed by atoms with Gasteiger partial charge in [0.15, 0.2) is 11.6 Å². The maximum Gasteiger partial charge on any atom is 0.183 e. The second-order valence-corrected chi connectivity index (χ2v) is 4.43. The molecular formula is C12H15ClFNO2. The van der Waals surface area contributed by atoms with E-state index in [9.17, 15) is 4.39 Å². The highest BCUT2D eigenvalue weighted by molar-refractivity contribution is 6.30. The van der Waals surface area contributed by atoms with Crippen LogP contribution >= 0.6 is 11.6 Å². The third kappa shape index (κ3) is 2.54. The lowest BCUT2D eigenvalue weighted by Crippen LogP contribution is -2.59. The van der Waals surface area contributed by atoms with E-state index in [1.165, 1.54) is 6.07 Å². The molecule has 3 atom stereocenters. The summed E-state index contributed by atoms with van der Waals surface area (Å²) in [5.41, 5.74) is 5.80. The molecule has 2 N–H and O–H groups in total. The fourth-order valence-electron chi connectivity index (χ4n) is 1.89. The molecule has 0 amide bonds. The lowest BCUT2D eigenvalue weighted by atomic mass is 9.86. The van der Waals surface area contributed by atoms with Crippen molar-refractivity contribution in [1.82, 2.24) is 0 Å². The normalized spacial score (nSPS) is 27.6. The molecule has 1 fully saturated rings. The van der Waals surface area contributed by atoms with E-state index in [1.807, 2.05) is 6.92 Å².